The first-order chi connectivity index (χ1) is 10.2. The van der Waals surface area contributed by atoms with Crippen LogP contribution in [0.4, 0.5) is 0 Å². The Balaban J connectivity index is 1.85. The average Bonchev–Trinajstić information content (AvgIpc) is 2.94. The van der Waals surface area contributed by atoms with Gasteiger partial charge >= 0.3 is 0 Å². The van der Waals surface area contributed by atoms with E-state index in [-0.39, 0.29) is 12.5 Å². The summed E-state index contributed by atoms with van der Waals surface area (Å²) in [4.78, 5) is 11.7. The summed E-state index contributed by atoms with van der Waals surface area (Å²) in [6, 6.07) is 5.47. The molecule has 0 fully saturated rings. The standard InChI is InChI=1S/C13H16ClN5O2/c1-2-21-12-4-3-11(14)7-10(12)5-6-15-13(20)8-19-9-16-17-18-19/h3-4,7,9H,2,5-6,8H2,1H3,(H,15,20). The first-order valence-electron chi connectivity index (χ1n) is 6.57. The first kappa shape index (κ1) is 15.2. The highest BCUT2D eigenvalue weighted by Gasteiger charge is 2.07. The van der Waals surface area contributed by atoms with Gasteiger partial charge < -0.3 is 10.1 Å². The van der Waals surface area contributed by atoms with Crippen molar-refractivity contribution in [3.8, 4) is 5.75 Å². The molecule has 1 amide bonds. The van der Waals surface area contributed by atoms with Crippen molar-refractivity contribution in [3.05, 3.63) is 35.1 Å². The van der Waals surface area contributed by atoms with Crippen molar-refractivity contribution in [2.75, 3.05) is 13.2 Å². The lowest BCUT2D eigenvalue weighted by atomic mass is 10.1. The van der Waals surface area contributed by atoms with Gasteiger partial charge in [0.2, 0.25) is 5.91 Å². The van der Waals surface area contributed by atoms with Crippen LogP contribution in [-0.4, -0.2) is 39.3 Å². The summed E-state index contributed by atoms with van der Waals surface area (Å²) in [7, 11) is 0. The highest BCUT2D eigenvalue weighted by atomic mass is 35.5. The van der Waals surface area contributed by atoms with Crippen molar-refractivity contribution in [2.24, 2.45) is 0 Å². The number of carbonyl (C=O) groups is 1. The number of halogens is 1. The number of carbonyl (C=O) groups excluding carboxylic acids is 1. The quantitative estimate of drug-likeness (QED) is 0.827. The molecule has 0 atom stereocenters. The van der Waals surface area contributed by atoms with E-state index in [1.807, 2.05) is 19.1 Å². The lowest BCUT2D eigenvalue weighted by Gasteiger charge is -2.11. The van der Waals surface area contributed by atoms with Crippen LogP contribution in [0.3, 0.4) is 0 Å². The second-order valence-corrected chi connectivity index (χ2v) is 4.73. The maximum atomic E-state index is 11.7. The van der Waals surface area contributed by atoms with E-state index in [0.29, 0.717) is 24.6 Å². The molecule has 1 aromatic heterocycles. The van der Waals surface area contributed by atoms with E-state index < -0.39 is 0 Å². The van der Waals surface area contributed by atoms with Crippen LogP contribution in [0, 0.1) is 0 Å². The minimum atomic E-state index is -0.151. The maximum Gasteiger partial charge on any atom is 0.241 e. The summed E-state index contributed by atoms with van der Waals surface area (Å²) in [6.07, 6.45) is 2.03. The second-order valence-electron chi connectivity index (χ2n) is 4.29. The molecule has 8 heteroatoms. The minimum Gasteiger partial charge on any atom is -0.494 e. The van der Waals surface area contributed by atoms with Crippen LogP contribution in [-0.2, 0) is 17.8 Å². The van der Waals surface area contributed by atoms with Crippen molar-refractivity contribution >= 4 is 17.5 Å². The zero-order valence-electron chi connectivity index (χ0n) is 11.6. The van der Waals surface area contributed by atoms with Crippen LogP contribution in [0.25, 0.3) is 0 Å². The van der Waals surface area contributed by atoms with Crippen LogP contribution in [0.1, 0.15) is 12.5 Å². The number of hydrogen-bond acceptors (Lipinski definition) is 5. The fourth-order valence-corrected chi connectivity index (χ4v) is 2.03. The molecule has 1 heterocycles. The van der Waals surface area contributed by atoms with Crippen LogP contribution in [0.5, 0.6) is 5.75 Å². The number of hydrogen-bond donors (Lipinski definition) is 1. The molecule has 2 aromatic rings. The fraction of sp³-hybridized carbons (Fsp3) is 0.385. The van der Waals surface area contributed by atoms with Crippen molar-refractivity contribution in [3.63, 3.8) is 0 Å². The van der Waals surface area contributed by atoms with E-state index in [0.717, 1.165) is 11.3 Å². The lowest BCUT2D eigenvalue weighted by Crippen LogP contribution is -2.29. The topological polar surface area (TPSA) is 81.9 Å². The first-order valence-corrected chi connectivity index (χ1v) is 6.95. The number of nitrogens with zero attached hydrogens (tertiary/aromatic N) is 4. The van der Waals surface area contributed by atoms with Gasteiger partial charge in [-0.25, -0.2) is 4.68 Å². The van der Waals surface area contributed by atoms with Gasteiger partial charge in [0.25, 0.3) is 0 Å². The monoisotopic (exact) mass is 309 g/mol. The smallest absolute Gasteiger partial charge is 0.241 e. The lowest BCUT2D eigenvalue weighted by molar-refractivity contribution is -0.121. The van der Waals surface area contributed by atoms with Crippen LogP contribution in [0.2, 0.25) is 5.02 Å². The van der Waals surface area contributed by atoms with Gasteiger partial charge in [0.15, 0.2) is 0 Å². The number of ether oxygens (including phenoxy) is 1. The Hall–Kier alpha value is -2.15. The van der Waals surface area contributed by atoms with Crippen molar-refractivity contribution in [1.29, 1.82) is 0 Å². The third-order valence-electron chi connectivity index (χ3n) is 2.74. The van der Waals surface area contributed by atoms with Crippen molar-refractivity contribution < 1.29 is 9.53 Å². The Kier molecular flexibility index (Phi) is 5.51. The molecule has 21 heavy (non-hydrogen) atoms. The third kappa shape index (κ3) is 4.71. The molecule has 0 radical (unpaired) electrons. The van der Waals surface area contributed by atoms with Gasteiger partial charge in [-0.2, -0.15) is 0 Å². The SMILES string of the molecule is CCOc1ccc(Cl)cc1CCNC(=O)Cn1cnnn1. The summed E-state index contributed by atoms with van der Waals surface area (Å²) in [6.45, 7) is 3.09. The van der Waals surface area contributed by atoms with Gasteiger partial charge in [-0.05, 0) is 47.5 Å². The van der Waals surface area contributed by atoms with E-state index >= 15 is 0 Å². The van der Waals surface area contributed by atoms with E-state index in [1.165, 1.54) is 11.0 Å². The minimum absolute atomic E-state index is 0.0981. The summed E-state index contributed by atoms with van der Waals surface area (Å²) in [5.74, 6) is 0.638. The average molecular weight is 310 g/mol. The Morgan fingerprint density at radius 3 is 3.05 bits per heavy atom. The molecule has 0 aliphatic carbocycles. The number of benzene rings is 1. The van der Waals surface area contributed by atoms with Gasteiger partial charge in [0, 0.05) is 11.6 Å². The number of aromatic nitrogens is 4. The second kappa shape index (κ2) is 7.58. The summed E-state index contributed by atoms with van der Waals surface area (Å²) >= 11 is 5.98. The Morgan fingerprint density at radius 1 is 1.48 bits per heavy atom. The van der Waals surface area contributed by atoms with E-state index in [2.05, 4.69) is 20.8 Å². The van der Waals surface area contributed by atoms with Gasteiger partial charge in [-0.15, -0.1) is 5.10 Å². The maximum absolute atomic E-state index is 11.7. The molecule has 1 aromatic carbocycles. The zero-order valence-corrected chi connectivity index (χ0v) is 12.4. The number of nitrogens with one attached hydrogen (secondary N) is 1. The number of rotatable bonds is 7. The predicted octanol–water partition coefficient (Wildman–Crippen LogP) is 1.08. The van der Waals surface area contributed by atoms with Crippen LogP contribution < -0.4 is 10.1 Å². The van der Waals surface area contributed by atoms with E-state index in [4.69, 9.17) is 16.3 Å². The molecule has 112 valence electrons. The zero-order chi connectivity index (χ0) is 15.1. The third-order valence-corrected chi connectivity index (χ3v) is 2.97. The van der Waals surface area contributed by atoms with Crippen LogP contribution >= 0.6 is 11.6 Å². The molecular weight excluding hydrogens is 294 g/mol. The van der Waals surface area contributed by atoms with E-state index in [1.54, 1.807) is 6.07 Å². The highest BCUT2D eigenvalue weighted by molar-refractivity contribution is 6.30. The molecule has 0 unspecified atom stereocenters. The Bertz CT molecular complexity index is 588. The Labute approximate surface area is 127 Å². The molecule has 0 saturated heterocycles. The molecule has 0 bridgehead atoms. The largest absolute Gasteiger partial charge is 0.494 e. The summed E-state index contributed by atoms with van der Waals surface area (Å²) in [5, 5.41) is 14.0. The molecule has 0 saturated carbocycles. The van der Waals surface area contributed by atoms with Crippen molar-refractivity contribution in [1.82, 2.24) is 25.5 Å². The fourth-order valence-electron chi connectivity index (χ4n) is 1.83. The molecule has 0 spiro atoms. The molecule has 1 N–H and O–H groups in total. The molecule has 2 rings (SSSR count). The molecule has 0 aliphatic rings. The Morgan fingerprint density at radius 2 is 2.33 bits per heavy atom. The van der Waals surface area contributed by atoms with Gasteiger partial charge in [-0.3, -0.25) is 4.79 Å². The highest BCUT2D eigenvalue weighted by Crippen LogP contribution is 2.23. The summed E-state index contributed by atoms with van der Waals surface area (Å²) < 4.78 is 6.89. The van der Waals surface area contributed by atoms with Crippen molar-refractivity contribution in [2.45, 2.75) is 19.9 Å². The normalized spacial score (nSPS) is 10.4. The van der Waals surface area contributed by atoms with Gasteiger partial charge in [0.05, 0.1) is 6.61 Å². The van der Waals surface area contributed by atoms with Gasteiger partial charge in [0.1, 0.15) is 18.6 Å². The summed E-state index contributed by atoms with van der Waals surface area (Å²) in [5.41, 5.74) is 0.965. The van der Waals surface area contributed by atoms with E-state index in [9.17, 15) is 4.79 Å². The molecule has 7 nitrogen and oxygen atoms in total. The number of amides is 1. The number of tetrazole rings is 1. The predicted molar refractivity (Wildman–Crippen MR) is 77.2 cm³/mol. The molecular formula is C13H16ClN5O2. The molecule has 0 aliphatic heterocycles. The van der Waals surface area contributed by atoms with Gasteiger partial charge in [-0.1, -0.05) is 11.6 Å². The van der Waals surface area contributed by atoms with Crippen LogP contribution in [0.15, 0.2) is 24.5 Å².